The van der Waals surface area contributed by atoms with Crippen LogP contribution in [0.1, 0.15) is 37.5 Å². The first-order valence-corrected chi connectivity index (χ1v) is 7.13. The van der Waals surface area contributed by atoms with Gasteiger partial charge in [-0.1, -0.05) is 45.0 Å². The fraction of sp³-hybridized carbons (Fsp3) is 0.333. The summed E-state index contributed by atoms with van der Waals surface area (Å²) in [5, 5.41) is 9.91. The highest BCUT2D eigenvalue weighted by Crippen LogP contribution is 2.31. The second-order valence-corrected chi connectivity index (χ2v) is 4.89. The van der Waals surface area contributed by atoms with Gasteiger partial charge in [0.1, 0.15) is 5.75 Å². The molecule has 100 valence electrons. The van der Waals surface area contributed by atoms with Crippen LogP contribution < -0.4 is 0 Å². The van der Waals surface area contributed by atoms with Crippen LogP contribution in [-0.4, -0.2) is 5.11 Å². The summed E-state index contributed by atoms with van der Waals surface area (Å²) in [6, 6.07) is 12.4. The van der Waals surface area contributed by atoms with Gasteiger partial charge in [-0.2, -0.15) is 0 Å². The zero-order valence-corrected chi connectivity index (χ0v) is 12.0. The SMILES string of the molecule is CCc1ccc(-c2cc(O)cc(CC)c2CC)cc1. The maximum Gasteiger partial charge on any atom is 0.116 e. The van der Waals surface area contributed by atoms with Crippen molar-refractivity contribution in [3.05, 3.63) is 53.1 Å². The second-order valence-electron chi connectivity index (χ2n) is 4.89. The normalized spacial score (nSPS) is 10.7. The summed E-state index contributed by atoms with van der Waals surface area (Å²) in [5.41, 5.74) is 6.31. The topological polar surface area (TPSA) is 20.2 Å². The highest BCUT2D eigenvalue weighted by Gasteiger charge is 2.10. The predicted molar refractivity (Wildman–Crippen MR) is 81.7 cm³/mol. The molecule has 1 N–H and O–H groups in total. The molecule has 0 saturated carbocycles. The van der Waals surface area contributed by atoms with Crippen molar-refractivity contribution in [3.8, 4) is 16.9 Å². The molecule has 0 aromatic heterocycles. The number of rotatable bonds is 4. The molecule has 0 unspecified atom stereocenters. The van der Waals surface area contributed by atoms with Crippen LogP contribution in [0.15, 0.2) is 36.4 Å². The van der Waals surface area contributed by atoms with Crippen molar-refractivity contribution < 1.29 is 5.11 Å². The zero-order chi connectivity index (χ0) is 13.8. The molecule has 1 heteroatoms. The molecule has 0 radical (unpaired) electrons. The van der Waals surface area contributed by atoms with Crippen molar-refractivity contribution in [1.82, 2.24) is 0 Å². The van der Waals surface area contributed by atoms with Crippen LogP contribution in [0, 0.1) is 0 Å². The van der Waals surface area contributed by atoms with Gasteiger partial charge in [0.15, 0.2) is 0 Å². The van der Waals surface area contributed by atoms with E-state index in [0.29, 0.717) is 5.75 Å². The van der Waals surface area contributed by atoms with Crippen LogP contribution in [-0.2, 0) is 19.3 Å². The molecule has 0 aliphatic carbocycles. The van der Waals surface area contributed by atoms with E-state index in [4.69, 9.17) is 0 Å². The Hall–Kier alpha value is -1.76. The first-order chi connectivity index (χ1) is 9.19. The minimum atomic E-state index is 0.364. The Morgan fingerprint density at radius 1 is 0.842 bits per heavy atom. The predicted octanol–water partition coefficient (Wildman–Crippen LogP) is 4.75. The van der Waals surface area contributed by atoms with Gasteiger partial charge >= 0.3 is 0 Å². The standard InChI is InChI=1S/C18H22O/c1-4-13-7-9-15(10-8-13)18-12-16(19)11-14(5-2)17(18)6-3/h7-12,19H,4-6H2,1-3H3. The highest BCUT2D eigenvalue weighted by molar-refractivity contribution is 5.71. The first-order valence-electron chi connectivity index (χ1n) is 7.13. The lowest BCUT2D eigenvalue weighted by Crippen LogP contribution is -1.95. The molecular weight excluding hydrogens is 232 g/mol. The molecule has 0 amide bonds. The Labute approximate surface area is 115 Å². The number of hydrogen-bond donors (Lipinski definition) is 1. The van der Waals surface area contributed by atoms with Crippen molar-refractivity contribution in [3.63, 3.8) is 0 Å². The summed E-state index contributed by atoms with van der Waals surface area (Å²) in [4.78, 5) is 0. The van der Waals surface area contributed by atoms with Gasteiger partial charge in [0, 0.05) is 0 Å². The number of hydrogen-bond acceptors (Lipinski definition) is 1. The molecule has 1 nitrogen and oxygen atoms in total. The molecule has 0 spiro atoms. The van der Waals surface area contributed by atoms with E-state index < -0.39 is 0 Å². The van der Waals surface area contributed by atoms with E-state index in [-0.39, 0.29) is 0 Å². The highest BCUT2D eigenvalue weighted by atomic mass is 16.3. The number of aromatic hydroxyl groups is 1. The third-order valence-electron chi connectivity index (χ3n) is 3.73. The van der Waals surface area contributed by atoms with E-state index in [9.17, 15) is 5.11 Å². The van der Waals surface area contributed by atoms with Crippen LogP contribution in [0.2, 0.25) is 0 Å². The average Bonchev–Trinajstić information content (AvgIpc) is 2.46. The van der Waals surface area contributed by atoms with Crippen LogP contribution >= 0.6 is 0 Å². The van der Waals surface area contributed by atoms with Gasteiger partial charge < -0.3 is 5.11 Å². The van der Waals surface area contributed by atoms with Crippen molar-refractivity contribution in [2.45, 2.75) is 40.0 Å². The second kappa shape index (κ2) is 5.92. The Morgan fingerprint density at radius 3 is 2.05 bits per heavy atom. The molecular formula is C18H22O. The van der Waals surface area contributed by atoms with E-state index in [0.717, 1.165) is 19.3 Å². The quantitative estimate of drug-likeness (QED) is 0.835. The molecule has 0 atom stereocenters. The summed E-state index contributed by atoms with van der Waals surface area (Å²) < 4.78 is 0. The molecule has 0 fully saturated rings. The fourth-order valence-corrected chi connectivity index (χ4v) is 2.63. The smallest absolute Gasteiger partial charge is 0.116 e. The largest absolute Gasteiger partial charge is 0.508 e. The third kappa shape index (κ3) is 2.81. The summed E-state index contributed by atoms with van der Waals surface area (Å²) in [5.74, 6) is 0.364. The maximum absolute atomic E-state index is 9.91. The Kier molecular flexibility index (Phi) is 4.26. The lowest BCUT2D eigenvalue weighted by Gasteiger charge is -2.14. The van der Waals surface area contributed by atoms with Crippen LogP contribution in [0.3, 0.4) is 0 Å². The van der Waals surface area contributed by atoms with Gasteiger partial charge in [0.25, 0.3) is 0 Å². The number of aryl methyl sites for hydroxylation is 2. The van der Waals surface area contributed by atoms with Crippen LogP contribution in [0.4, 0.5) is 0 Å². The van der Waals surface area contributed by atoms with Gasteiger partial charge in [-0.3, -0.25) is 0 Å². The molecule has 19 heavy (non-hydrogen) atoms. The van der Waals surface area contributed by atoms with Crippen molar-refractivity contribution in [1.29, 1.82) is 0 Å². The van der Waals surface area contributed by atoms with Crippen molar-refractivity contribution in [2.24, 2.45) is 0 Å². The molecule has 0 aliphatic rings. The molecule has 2 aromatic carbocycles. The molecule has 2 rings (SSSR count). The summed E-state index contributed by atoms with van der Waals surface area (Å²) in [7, 11) is 0. The number of phenols is 1. The maximum atomic E-state index is 9.91. The van der Waals surface area contributed by atoms with E-state index in [1.165, 1.54) is 27.8 Å². The van der Waals surface area contributed by atoms with Crippen molar-refractivity contribution in [2.75, 3.05) is 0 Å². The monoisotopic (exact) mass is 254 g/mol. The lowest BCUT2D eigenvalue weighted by molar-refractivity contribution is 0.474. The molecule has 0 saturated heterocycles. The number of phenolic OH excluding ortho intramolecular Hbond substituents is 1. The molecule has 0 aliphatic heterocycles. The Bertz CT molecular complexity index is 553. The summed E-state index contributed by atoms with van der Waals surface area (Å²) in [6.07, 6.45) is 3.01. The summed E-state index contributed by atoms with van der Waals surface area (Å²) >= 11 is 0. The third-order valence-corrected chi connectivity index (χ3v) is 3.73. The van der Waals surface area contributed by atoms with Gasteiger partial charge in [0.05, 0.1) is 0 Å². The minimum Gasteiger partial charge on any atom is -0.508 e. The molecule has 0 bridgehead atoms. The minimum absolute atomic E-state index is 0.364. The van der Waals surface area contributed by atoms with E-state index in [2.05, 4.69) is 45.0 Å². The Morgan fingerprint density at radius 2 is 1.53 bits per heavy atom. The fourth-order valence-electron chi connectivity index (χ4n) is 2.63. The number of benzene rings is 2. The first kappa shape index (κ1) is 13.7. The average molecular weight is 254 g/mol. The Balaban J connectivity index is 2.56. The van der Waals surface area contributed by atoms with Gasteiger partial charge in [0.2, 0.25) is 0 Å². The summed E-state index contributed by atoms with van der Waals surface area (Å²) in [6.45, 7) is 6.48. The molecule has 0 heterocycles. The van der Waals surface area contributed by atoms with E-state index >= 15 is 0 Å². The van der Waals surface area contributed by atoms with Crippen LogP contribution in [0.25, 0.3) is 11.1 Å². The van der Waals surface area contributed by atoms with Crippen molar-refractivity contribution >= 4 is 0 Å². The zero-order valence-electron chi connectivity index (χ0n) is 12.0. The van der Waals surface area contributed by atoms with Gasteiger partial charge in [-0.25, -0.2) is 0 Å². The van der Waals surface area contributed by atoms with Crippen LogP contribution in [0.5, 0.6) is 5.75 Å². The van der Waals surface area contributed by atoms with E-state index in [1.54, 1.807) is 0 Å². The van der Waals surface area contributed by atoms with Gasteiger partial charge in [-0.15, -0.1) is 0 Å². The molecule has 2 aromatic rings. The lowest BCUT2D eigenvalue weighted by atomic mass is 9.91. The van der Waals surface area contributed by atoms with E-state index in [1.807, 2.05) is 12.1 Å². The van der Waals surface area contributed by atoms with Gasteiger partial charge in [-0.05, 0) is 59.2 Å².